The number of hydrogen-bond donors (Lipinski definition) is 1. The van der Waals surface area contributed by atoms with E-state index in [0.29, 0.717) is 11.6 Å². The van der Waals surface area contributed by atoms with Crippen molar-refractivity contribution in [3.8, 4) is 0 Å². The zero-order chi connectivity index (χ0) is 10.7. The van der Waals surface area contributed by atoms with Crippen molar-refractivity contribution in [2.75, 3.05) is 0 Å². The van der Waals surface area contributed by atoms with E-state index in [-0.39, 0.29) is 0 Å². The molecule has 0 aliphatic heterocycles. The van der Waals surface area contributed by atoms with E-state index in [1.807, 2.05) is 17.7 Å². The van der Waals surface area contributed by atoms with Gasteiger partial charge in [0.1, 0.15) is 5.82 Å². The van der Waals surface area contributed by atoms with Crippen molar-refractivity contribution in [3.05, 3.63) is 42.5 Å². The Morgan fingerprint density at radius 2 is 2.00 bits per heavy atom. The number of aliphatic hydroxyl groups is 1. The van der Waals surface area contributed by atoms with Gasteiger partial charge in [-0.15, -0.1) is 0 Å². The molecule has 5 nitrogen and oxygen atoms in total. The summed E-state index contributed by atoms with van der Waals surface area (Å²) in [6.07, 6.45) is 5.82. The summed E-state index contributed by atoms with van der Waals surface area (Å²) in [4.78, 5) is 12.1. The lowest BCUT2D eigenvalue weighted by Crippen LogP contribution is -2.11. The highest BCUT2D eigenvalue weighted by molar-refractivity contribution is 5.07. The van der Waals surface area contributed by atoms with Crippen molar-refractivity contribution in [1.82, 2.24) is 19.5 Å². The predicted octanol–water partition coefficient (Wildman–Crippen LogP) is 0.775. The van der Waals surface area contributed by atoms with Crippen LogP contribution < -0.4 is 0 Å². The van der Waals surface area contributed by atoms with E-state index in [2.05, 4.69) is 15.0 Å². The van der Waals surface area contributed by atoms with Crippen LogP contribution in [0.3, 0.4) is 0 Å². The molecule has 0 amide bonds. The monoisotopic (exact) mass is 204 g/mol. The molecule has 0 fully saturated rings. The largest absolute Gasteiger partial charge is 0.377 e. The molecule has 0 saturated heterocycles. The van der Waals surface area contributed by atoms with Gasteiger partial charge in [-0.2, -0.15) is 0 Å². The fraction of sp³-hybridized carbons (Fsp3) is 0.300. The van der Waals surface area contributed by atoms with Crippen LogP contribution in [0.4, 0.5) is 0 Å². The van der Waals surface area contributed by atoms with Gasteiger partial charge in [-0.3, -0.25) is 0 Å². The minimum absolute atomic E-state index is 0.374. The van der Waals surface area contributed by atoms with Gasteiger partial charge >= 0.3 is 0 Å². The fourth-order valence-electron chi connectivity index (χ4n) is 1.40. The third-order valence-electron chi connectivity index (χ3n) is 2.16. The molecule has 0 aromatic carbocycles. The van der Waals surface area contributed by atoms with Crippen molar-refractivity contribution in [3.63, 3.8) is 0 Å². The quantitative estimate of drug-likeness (QED) is 0.802. The molecule has 1 atom stereocenters. The van der Waals surface area contributed by atoms with Gasteiger partial charge in [0, 0.05) is 31.3 Å². The van der Waals surface area contributed by atoms with E-state index in [1.54, 1.807) is 24.7 Å². The van der Waals surface area contributed by atoms with Crippen molar-refractivity contribution in [1.29, 1.82) is 0 Å². The zero-order valence-corrected chi connectivity index (χ0v) is 8.41. The van der Waals surface area contributed by atoms with Crippen molar-refractivity contribution in [2.45, 2.75) is 19.6 Å². The maximum absolute atomic E-state index is 9.98. The topological polar surface area (TPSA) is 63.8 Å². The number of aryl methyl sites for hydroxylation is 1. The van der Waals surface area contributed by atoms with Crippen LogP contribution in [-0.2, 0) is 6.54 Å². The van der Waals surface area contributed by atoms with E-state index in [1.165, 1.54) is 0 Å². The van der Waals surface area contributed by atoms with E-state index in [4.69, 9.17) is 0 Å². The van der Waals surface area contributed by atoms with Gasteiger partial charge in [0.05, 0.1) is 0 Å². The van der Waals surface area contributed by atoms with E-state index < -0.39 is 6.10 Å². The highest BCUT2D eigenvalue weighted by Crippen LogP contribution is 2.15. The highest BCUT2D eigenvalue weighted by Gasteiger charge is 2.17. The molecule has 78 valence electrons. The first-order valence-electron chi connectivity index (χ1n) is 4.79. The van der Waals surface area contributed by atoms with E-state index >= 15 is 0 Å². The third kappa shape index (κ3) is 1.87. The second kappa shape index (κ2) is 4.18. The Labute approximate surface area is 87.5 Å². The number of hydrogen-bond acceptors (Lipinski definition) is 4. The summed E-state index contributed by atoms with van der Waals surface area (Å²) in [5.41, 5.74) is 0. The third-order valence-corrected chi connectivity index (χ3v) is 2.16. The highest BCUT2D eigenvalue weighted by atomic mass is 16.3. The van der Waals surface area contributed by atoms with Crippen LogP contribution in [0, 0.1) is 0 Å². The average molecular weight is 204 g/mol. The molecule has 1 N–H and O–H groups in total. The van der Waals surface area contributed by atoms with Gasteiger partial charge in [0.2, 0.25) is 0 Å². The van der Waals surface area contributed by atoms with Crippen LogP contribution in [0.2, 0.25) is 0 Å². The lowest BCUT2D eigenvalue weighted by atomic mass is 10.3. The number of nitrogens with zero attached hydrogens (tertiary/aromatic N) is 4. The summed E-state index contributed by atoms with van der Waals surface area (Å²) in [5.74, 6) is 0.946. The molecule has 2 aromatic rings. The first kappa shape index (κ1) is 9.79. The summed E-state index contributed by atoms with van der Waals surface area (Å²) >= 11 is 0. The summed E-state index contributed by atoms with van der Waals surface area (Å²) in [5, 5.41) is 9.98. The number of aromatic nitrogens is 4. The Bertz CT molecular complexity index is 426. The second-order valence-electron chi connectivity index (χ2n) is 3.08. The van der Waals surface area contributed by atoms with Gasteiger partial charge in [-0.05, 0) is 13.0 Å². The molecule has 0 saturated carbocycles. The molecule has 0 bridgehead atoms. The fourth-order valence-corrected chi connectivity index (χ4v) is 1.40. The van der Waals surface area contributed by atoms with Crippen LogP contribution in [-0.4, -0.2) is 24.6 Å². The van der Waals surface area contributed by atoms with Crippen molar-refractivity contribution >= 4 is 0 Å². The number of rotatable bonds is 3. The molecule has 1 unspecified atom stereocenters. The molecular formula is C10H12N4O. The summed E-state index contributed by atoms with van der Waals surface area (Å²) in [6.45, 7) is 2.75. The molecule has 0 aliphatic carbocycles. The van der Waals surface area contributed by atoms with E-state index in [0.717, 1.165) is 6.54 Å². The Kier molecular flexibility index (Phi) is 2.73. The number of aliphatic hydroxyl groups excluding tert-OH is 1. The summed E-state index contributed by atoms with van der Waals surface area (Å²) in [6, 6.07) is 1.71. The minimum atomic E-state index is -0.860. The first-order chi connectivity index (χ1) is 7.33. The van der Waals surface area contributed by atoms with Gasteiger partial charge in [0.25, 0.3) is 0 Å². The molecule has 2 aromatic heterocycles. The van der Waals surface area contributed by atoms with Crippen molar-refractivity contribution in [2.24, 2.45) is 0 Å². The Balaban J connectivity index is 2.32. The van der Waals surface area contributed by atoms with Crippen LogP contribution >= 0.6 is 0 Å². The van der Waals surface area contributed by atoms with Crippen LogP contribution in [0.15, 0.2) is 30.9 Å². The average Bonchev–Trinajstić information content (AvgIpc) is 2.77. The molecule has 0 spiro atoms. The Hall–Kier alpha value is -1.75. The van der Waals surface area contributed by atoms with Gasteiger partial charge in [0.15, 0.2) is 11.9 Å². The van der Waals surface area contributed by atoms with Gasteiger partial charge in [-0.25, -0.2) is 15.0 Å². The summed E-state index contributed by atoms with van der Waals surface area (Å²) in [7, 11) is 0. The Morgan fingerprint density at radius 1 is 1.27 bits per heavy atom. The van der Waals surface area contributed by atoms with Crippen LogP contribution in [0.1, 0.15) is 24.7 Å². The van der Waals surface area contributed by atoms with Crippen LogP contribution in [0.25, 0.3) is 0 Å². The summed E-state index contributed by atoms with van der Waals surface area (Å²) < 4.78 is 1.86. The van der Waals surface area contributed by atoms with Crippen LogP contribution in [0.5, 0.6) is 0 Å². The molecule has 2 heterocycles. The molecule has 0 radical (unpaired) electrons. The van der Waals surface area contributed by atoms with Crippen molar-refractivity contribution < 1.29 is 5.11 Å². The predicted molar refractivity (Wildman–Crippen MR) is 54.0 cm³/mol. The van der Waals surface area contributed by atoms with E-state index in [9.17, 15) is 5.11 Å². The molecule has 2 rings (SSSR count). The molecule has 15 heavy (non-hydrogen) atoms. The molecular weight excluding hydrogens is 192 g/mol. The van der Waals surface area contributed by atoms with Gasteiger partial charge in [-0.1, -0.05) is 0 Å². The van der Waals surface area contributed by atoms with Gasteiger partial charge < -0.3 is 9.67 Å². The first-order valence-corrected chi connectivity index (χ1v) is 4.79. The lowest BCUT2D eigenvalue weighted by molar-refractivity contribution is 0.194. The smallest absolute Gasteiger partial charge is 0.171 e. The maximum Gasteiger partial charge on any atom is 0.171 e. The lowest BCUT2D eigenvalue weighted by Gasteiger charge is -2.09. The SMILES string of the molecule is CCn1ccnc1C(O)c1ncccn1. The second-order valence-corrected chi connectivity index (χ2v) is 3.08. The minimum Gasteiger partial charge on any atom is -0.377 e. The molecule has 0 aliphatic rings. The standard InChI is InChI=1S/C10H12N4O/c1-2-14-7-6-13-10(14)8(15)9-11-4-3-5-12-9/h3-8,15H,2H2,1H3. The normalized spacial score (nSPS) is 12.7. The molecule has 5 heteroatoms. The zero-order valence-electron chi connectivity index (χ0n) is 8.41. The maximum atomic E-state index is 9.98. The Morgan fingerprint density at radius 3 is 2.67 bits per heavy atom. The number of imidazole rings is 1.